The highest BCUT2D eigenvalue weighted by Crippen LogP contribution is 2.38. The van der Waals surface area contributed by atoms with Gasteiger partial charge < -0.3 is 19.5 Å². The molecule has 0 aliphatic rings. The molecule has 1 aromatic heterocycles. The predicted octanol–water partition coefficient (Wildman–Crippen LogP) is 3.83. The Bertz CT molecular complexity index is 672. The molecule has 0 aliphatic carbocycles. The van der Waals surface area contributed by atoms with Gasteiger partial charge in [-0.15, -0.1) is 11.3 Å². The van der Waals surface area contributed by atoms with E-state index in [-0.39, 0.29) is 18.4 Å². The summed E-state index contributed by atoms with van der Waals surface area (Å²) in [5, 5.41) is 5.15. The number of ether oxygens (including phenoxy) is 3. The van der Waals surface area contributed by atoms with Gasteiger partial charge in [-0.2, -0.15) is 0 Å². The van der Waals surface area contributed by atoms with E-state index in [9.17, 15) is 4.79 Å². The minimum Gasteiger partial charge on any atom is -0.493 e. The highest BCUT2D eigenvalue weighted by atomic mass is 32.1. The van der Waals surface area contributed by atoms with Gasteiger partial charge in [-0.1, -0.05) is 19.9 Å². The lowest BCUT2D eigenvalue weighted by atomic mass is 10.0. The van der Waals surface area contributed by atoms with Crippen molar-refractivity contribution in [3.8, 4) is 17.2 Å². The van der Waals surface area contributed by atoms with Crippen LogP contribution in [0.15, 0.2) is 29.6 Å². The fraction of sp³-hybridized carbons (Fsp3) is 0.421. The molecule has 0 saturated carbocycles. The normalized spacial score (nSPS) is 11.9. The van der Waals surface area contributed by atoms with Crippen molar-refractivity contribution in [3.05, 3.63) is 40.1 Å². The van der Waals surface area contributed by atoms with Gasteiger partial charge in [0, 0.05) is 4.88 Å². The average Bonchev–Trinajstić information content (AvgIpc) is 3.12. The van der Waals surface area contributed by atoms with Crippen LogP contribution in [0.5, 0.6) is 17.2 Å². The topological polar surface area (TPSA) is 56.8 Å². The maximum atomic E-state index is 12.6. The van der Waals surface area contributed by atoms with Crippen LogP contribution in [-0.4, -0.2) is 27.2 Å². The second-order valence-electron chi connectivity index (χ2n) is 6.01. The molecule has 5 nitrogen and oxygen atoms in total. The number of amides is 1. The Morgan fingerprint density at radius 2 is 1.76 bits per heavy atom. The van der Waals surface area contributed by atoms with E-state index in [1.807, 2.05) is 11.4 Å². The summed E-state index contributed by atoms with van der Waals surface area (Å²) in [4.78, 5) is 13.7. The van der Waals surface area contributed by atoms with Crippen molar-refractivity contribution in [1.82, 2.24) is 5.32 Å². The highest BCUT2D eigenvalue weighted by molar-refractivity contribution is 7.10. The Morgan fingerprint density at radius 1 is 1.12 bits per heavy atom. The van der Waals surface area contributed by atoms with Gasteiger partial charge in [-0.05, 0) is 35.1 Å². The molecule has 0 fully saturated rings. The molecule has 2 aromatic rings. The molecule has 0 spiro atoms. The SMILES string of the molecule is COc1cc(CC(=O)NC(c2cccs2)C(C)C)cc(OC)c1OC. The zero-order chi connectivity index (χ0) is 18.4. The number of methoxy groups -OCH3 is 3. The number of hydrogen-bond donors (Lipinski definition) is 1. The van der Waals surface area contributed by atoms with E-state index in [1.54, 1.807) is 44.8 Å². The van der Waals surface area contributed by atoms with Gasteiger partial charge in [0.15, 0.2) is 11.5 Å². The fourth-order valence-electron chi connectivity index (χ4n) is 2.68. The number of nitrogens with one attached hydrogen (secondary N) is 1. The second kappa shape index (κ2) is 8.76. The molecule has 0 radical (unpaired) electrons. The predicted molar refractivity (Wildman–Crippen MR) is 99.8 cm³/mol. The van der Waals surface area contributed by atoms with Crippen molar-refractivity contribution < 1.29 is 19.0 Å². The number of hydrogen-bond acceptors (Lipinski definition) is 5. The molecule has 1 unspecified atom stereocenters. The number of carbonyl (C=O) groups is 1. The van der Waals surface area contributed by atoms with E-state index in [0.29, 0.717) is 23.2 Å². The van der Waals surface area contributed by atoms with E-state index in [0.717, 1.165) is 10.4 Å². The summed E-state index contributed by atoms with van der Waals surface area (Å²) in [7, 11) is 4.68. The van der Waals surface area contributed by atoms with Crippen molar-refractivity contribution in [3.63, 3.8) is 0 Å². The van der Waals surface area contributed by atoms with Gasteiger partial charge in [0.05, 0.1) is 33.8 Å². The van der Waals surface area contributed by atoms with E-state index in [1.165, 1.54) is 0 Å². The molecule has 1 atom stereocenters. The Labute approximate surface area is 152 Å². The molecule has 0 bridgehead atoms. The van der Waals surface area contributed by atoms with Crippen LogP contribution in [0.3, 0.4) is 0 Å². The molecule has 25 heavy (non-hydrogen) atoms. The number of thiophene rings is 1. The number of benzene rings is 1. The first kappa shape index (κ1) is 19.1. The van der Waals surface area contributed by atoms with Gasteiger partial charge in [0.2, 0.25) is 11.7 Å². The quantitative estimate of drug-likeness (QED) is 0.774. The van der Waals surface area contributed by atoms with Crippen LogP contribution in [0, 0.1) is 5.92 Å². The minimum absolute atomic E-state index is 0.00883. The van der Waals surface area contributed by atoms with Gasteiger partial charge in [0.25, 0.3) is 0 Å². The van der Waals surface area contributed by atoms with Crippen molar-refractivity contribution in [2.75, 3.05) is 21.3 Å². The van der Waals surface area contributed by atoms with Crippen molar-refractivity contribution in [2.45, 2.75) is 26.3 Å². The maximum Gasteiger partial charge on any atom is 0.224 e. The minimum atomic E-state index is -0.0404. The molecule has 1 heterocycles. The zero-order valence-corrected chi connectivity index (χ0v) is 16.1. The molecule has 1 aromatic carbocycles. The highest BCUT2D eigenvalue weighted by Gasteiger charge is 2.20. The number of rotatable bonds is 8. The Morgan fingerprint density at radius 3 is 2.20 bits per heavy atom. The Hall–Kier alpha value is -2.21. The first-order chi connectivity index (χ1) is 12.0. The van der Waals surface area contributed by atoms with Crippen LogP contribution < -0.4 is 19.5 Å². The summed E-state index contributed by atoms with van der Waals surface area (Å²) < 4.78 is 16.0. The third-order valence-corrected chi connectivity index (χ3v) is 4.88. The first-order valence-corrected chi connectivity index (χ1v) is 8.99. The van der Waals surface area contributed by atoms with Crippen molar-refractivity contribution in [2.24, 2.45) is 5.92 Å². The van der Waals surface area contributed by atoms with E-state index in [4.69, 9.17) is 14.2 Å². The summed E-state index contributed by atoms with van der Waals surface area (Å²) in [6.45, 7) is 4.20. The standard InChI is InChI=1S/C19H25NO4S/c1-12(2)18(16-7-6-8-25-16)20-17(21)11-13-9-14(22-3)19(24-5)15(10-13)23-4/h6-10,12,18H,11H2,1-5H3,(H,20,21). The van der Waals surface area contributed by atoms with Crippen molar-refractivity contribution in [1.29, 1.82) is 0 Å². The third kappa shape index (κ3) is 4.66. The van der Waals surface area contributed by atoms with E-state index >= 15 is 0 Å². The van der Waals surface area contributed by atoms with Gasteiger partial charge in [0.1, 0.15) is 0 Å². The zero-order valence-electron chi connectivity index (χ0n) is 15.3. The molecular formula is C19H25NO4S. The molecule has 6 heteroatoms. The Kier molecular flexibility index (Phi) is 6.70. The lowest BCUT2D eigenvalue weighted by Crippen LogP contribution is -2.32. The average molecular weight is 363 g/mol. The van der Waals surface area contributed by atoms with E-state index < -0.39 is 0 Å². The second-order valence-corrected chi connectivity index (χ2v) is 6.99. The summed E-state index contributed by atoms with van der Waals surface area (Å²) in [5.74, 6) is 1.88. The largest absolute Gasteiger partial charge is 0.493 e. The van der Waals surface area contributed by atoms with Crippen LogP contribution in [0.4, 0.5) is 0 Å². The smallest absolute Gasteiger partial charge is 0.224 e. The summed E-state index contributed by atoms with van der Waals surface area (Å²) in [5.41, 5.74) is 0.806. The lowest BCUT2D eigenvalue weighted by Gasteiger charge is -2.21. The van der Waals surface area contributed by atoms with E-state index in [2.05, 4.69) is 25.2 Å². The van der Waals surface area contributed by atoms with Crippen molar-refractivity contribution >= 4 is 17.2 Å². The molecule has 1 N–H and O–H groups in total. The molecule has 2 rings (SSSR count). The lowest BCUT2D eigenvalue weighted by molar-refractivity contribution is -0.121. The third-order valence-electron chi connectivity index (χ3n) is 3.92. The summed E-state index contributed by atoms with van der Waals surface area (Å²) in [6.07, 6.45) is 0.241. The fourth-order valence-corrected chi connectivity index (χ4v) is 3.63. The van der Waals surface area contributed by atoms with Gasteiger partial charge >= 0.3 is 0 Å². The first-order valence-electron chi connectivity index (χ1n) is 8.11. The van der Waals surface area contributed by atoms with Crippen LogP contribution in [0.2, 0.25) is 0 Å². The molecule has 0 saturated heterocycles. The van der Waals surface area contributed by atoms with Crippen LogP contribution in [0.1, 0.15) is 30.3 Å². The molecule has 1 amide bonds. The summed E-state index contributed by atoms with van der Waals surface area (Å²) in [6, 6.07) is 7.66. The maximum absolute atomic E-state index is 12.6. The number of carbonyl (C=O) groups excluding carboxylic acids is 1. The van der Waals surface area contributed by atoms with Gasteiger partial charge in [-0.3, -0.25) is 4.79 Å². The van der Waals surface area contributed by atoms with Crippen LogP contribution in [-0.2, 0) is 11.2 Å². The molecular weight excluding hydrogens is 338 g/mol. The summed E-state index contributed by atoms with van der Waals surface area (Å²) >= 11 is 1.65. The van der Waals surface area contributed by atoms with Gasteiger partial charge in [-0.25, -0.2) is 0 Å². The van der Waals surface area contributed by atoms with Crippen LogP contribution >= 0.6 is 11.3 Å². The monoisotopic (exact) mass is 363 g/mol. The Balaban J connectivity index is 2.17. The molecule has 0 aliphatic heterocycles. The van der Waals surface area contributed by atoms with Crippen LogP contribution in [0.25, 0.3) is 0 Å². The molecule has 136 valence electrons.